The highest BCUT2D eigenvalue weighted by Gasteiger charge is 2.09. The first-order valence-electron chi connectivity index (χ1n) is 4.78. The predicted octanol–water partition coefficient (Wildman–Crippen LogP) is 1.14. The van der Waals surface area contributed by atoms with Crippen molar-refractivity contribution in [3.8, 4) is 0 Å². The third kappa shape index (κ3) is 3.47. The Labute approximate surface area is 88.3 Å². The summed E-state index contributed by atoms with van der Waals surface area (Å²) in [4.78, 5) is 11.3. The smallest absolute Gasteiger partial charge is 0.236 e. The highest BCUT2D eigenvalue weighted by Crippen LogP contribution is 2.05. The van der Waals surface area contributed by atoms with Crippen LogP contribution in [0.2, 0.25) is 0 Å². The largest absolute Gasteiger partial charge is 0.354 e. The van der Waals surface area contributed by atoms with Crippen LogP contribution in [-0.2, 0) is 11.2 Å². The van der Waals surface area contributed by atoms with Crippen LogP contribution < -0.4 is 11.1 Å². The quantitative estimate of drug-likeness (QED) is 0.769. The number of nitrogens with two attached hydrogens (primary N) is 1. The number of amides is 1. The van der Waals surface area contributed by atoms with E-state index in [1.54, 1.807) is 11.3 Å². The SMILES string of the molecule is CC[C@H](N)C(=O)NCCc1ccsc1. The average Bonchev–Trinajstić information content (AvgIpc) is 2.69. The third-order valence-corrected chi connectivity index (χ3v) is 2.80. The van der Waals surface area contributed by atoms with E-state index in [1.807, 2.05) is 12.3 Å². The molecule has 0 radical (unpaired) electrons. The van der Waals surface area contributed by atoms with E-state index in [-0.39, 0.29) is 11.9 Å². The van der Waals surface area contributed by atoms with Crippen LogP contribution in [0, 0.1) is 0 Å². The molecule has 78 valence electrons. The zero-order chi connectivity index (χ0) is 10.4. The summed E-state index contributed by atoms with van der Waals surface area (Å²) in [6.07, 6.45) is 1.57. The normalized spacial score (nSPS) is 12.4. The predicted molar refractivity (Wildman–Crippen MR) is 59.3 cm³/mol. The molecule has 1 heterocycles. The Morgan fingerprint density at radius 3 is 3.07 bits per heavy atom. The van der Waals surface area contributed by atoms with Crippen LogP contribution in [0.15, 0.2) is 16.8 Å². The Balaban J connectivity index is 2.18. The van der Waals surface area contributed by atoms with Crippen LogP contribution in [0.3, 0.4) is 0 Å². The van der Waals surface area contributed by atoms with E-state index in [0.717, 1.165) is 6.42 Å². The summed E-state index contributed by atoms with van der Waals surface area (Å²) in [5, 5.41) is 6.94. The molecule has 0 aliphatic rings. The van der Waals surface area contributed by atoms with Gasteiger partial charge in [0.1, 0.15) is 0 Å². The zero-order valence-corrected chi connectivity index (χ0v) is 9.14. The minimum Gasteiger partial charge on any atom is -0.354 e. The number of hydrogen-bond donors (Lipinski definition) is 2. The molecular weight excluding hydrogens is 196 g/mol. The number of carbonyl (C=O) groups excluding carboxylic acids is 1. The number of carbonyl (C=O) groups is 1. The highest BCUT2D eigenvalue weighted by molar-refractivity contribution is 7.07. The summed E-state index contributed by atoms with van der Waals surface area (Å²) < 4.78 is 0. The fraction of sp³-hybridized carbons (Fsp3) is 0.500. The van der Waals surface area contributed by atoms with Gasteiger partial charge in [-0.3, -0.25) is 4.79 Å². The van der Waals surface area contributed by atoms with Crippen molar-refractivity contribution in [2.24, 2.45) is 5.73 Å². The lowest BCUT2D eigenvalue weighted by molar-refractivity contribution is -0.122. The van der Waals surface area contributed by atoms with E-state index in [9.17, 15) is 4.79 Å². The first-order valence-corrected chi connectivity index (χ1v) is 5.72. The standard InChI is InChI=1S/C10H16N2OS/c1-2-9(11)10(13)12-5-3-8-4-6-14-7-8/h4,6-7,9H,2-3,5,11H2,1H3,(H,12,13)/t9-/m0/s1. The van der Waals surface area contributed by atoms with Gasteiger partial charge in [0.05, 0.1) is 6.04 Å². The highest BCUT2D eigenvalue weighted by atomic mass is 32.1. The molecule has 0 aliphatic carbocycles. The summed E-state index contributed by atoms with van der Waals surface area (Å²) >= 11 is 1.67. The minimum absolute atomic E-state index is 0.0530. The zero-order valence-electron chi connectivity index (χ0n) is 8.32. The van der Waals surface area contributed by atoms with Gasteiger partial charge in [-0.15, -0.1) is 0 Å². The Hall–Kier alpha value is -0.870. The molecule has 14 heavy (non-hydrogen) atoms. The van der Waals surface area contributed by atoms with E-state index < -0.39 is 0 Å². The van der Waals surface area contributed by atoms with Gasteiger partial charge in [0.25, 0.3) is 0 Å². The molecule has 0 unspecified atom stereocenters. The second-order valence-electron chi connectivity index (χ2n) is 3.19. The molecule has 1 aromatic rings. The van der Waals surface area contributed by atoms with Crippen molar-refractivity contribution in [1.29, 1.82) is 0 Å². The van der Waals surface area contributed by atoms with E-state index in [2.05, 4.69) is 16.8 Å². The lowest BCUT2D eigenvalue weighted by Crippen LogP contribution is -2.40. The minimum atomic E-state index is -0.363. The number of thiophene rings is 1. The fourth-order valence-electron chi connectivity index (χ4n) is 1.08. The van der Waals surface area contributed by atoms with E-state index in [0.29, 0.717) is 13.0 Å². The second kappa shape index (κ2) is 5.78. The summed E-state index contributed by atoms with van der Waals surface area (Å²) in [5.41, 5.74) is 6.83. The second-order valence-corrected chi connectivity index (χ2v) is 3.97. The third-order valence-electron chi connectivity index (χ3n) is 2.07. The van der Waals surface area contributed by atoms with Crippen LogP contribution in [0.1, 0.15) is 18.9 Å². The first kappa shape index (κ1) is 11.2. The van der Waals surface area contributed by atoms with Crippen molar-refractivity contribution >= 4 is 17.2 Å². The molecule has 0 saturated carbocycles. The Bertz CT molecular complexity index is 272. The van der Waals surface area contributed by atoms with Crippen molar-refractivity contribution in [3.05, 3.63) is 22.4 Å². The Morgan fingerprint density at radius 2 is 2.50 bits per heavy atom. The lowest BCUT2D eigenvalue weighted by Gasteiger charge is -2.09. The molecule has 0 aromatic carbocycles. The Kier molecular flexibility index (Phi) is 4.62. The van der Waals surface area contributed by atoms with Gasteiger partial charge in [-0.1, -0.05) is 6.92 Å². The fourth-order valence-corrected chi connectivity index (χ4v) is 1.78. The van der Waals surface area contributed by atoms with Gasteiger partial charge in [0.2, 0.25) is 5.91 Å². The van der Waals surface area contributed by atoms with E-state index >= 15 is 0 Å². The summed E-state index contributed by atoms with van der Waals surface area (Å²) in [5.74, 6) is -0.0530. The average molecular weight is 212 g/mol. The molecule has 3 N–H and O–H groups in total. The maximum absolute atomic E-state index is 11.3. The van der Waals surface area contributed by atoms with Gasteiger partial charge >= 0.3 is 0 Å². The molecule has 0 aliphatic heterocycles. The van der Waals surface area contributed by atoms with Crippen LogP contribution in [-0.4, -0.2) is 18.5 Å². The summed E-state index contributed by atoms with van der Waals surface area (Å²) in [6, 6.07) is 1.70. The molecule has 0 saturated heterocycles. The first-order chi connectivity index (χ1) is 6.74. The van der Waals surface area contributed by atoms with Crippen molar-refractivity contribution < 1.29 is 4.79 Å². The Morgan fingerprint density at radius 1 is 1.71 bits per heavy atom. The molecule has 0 bridgehead atoms. The number of nitrogens with one attached hydrogen (secondary N) is 1. The molecule has 1 atom stereocenters. The lowest BCUT2D eigenvalue weighted by atomic mass is 10.2. The van der Waals surface area contributed by atoms with E-state index in [1.165, 1.54) is 5.56 Å². The van der Waals surface area contributed by atoms with E-state index in [4.69, 9.17) is 5.73 Å². The molecular formula is C10H16N2OS. The van der Waals surface area contributed by atoms with Gasteiger partial charge in [-0.05, 0) is 35.2 Å². The van der Waals surface area contributed by atoms with Crippen LogP contribution in [0.5, 0.6) is 0 Å². The van der Waals surface area contributed by atoms with Crippen molar-refractivity contribution in [3.63, 3.8) is 0 Å². The van der Waals surface area contributed by atoms with Crippen LogP contribution in [0.25, 0.3) is 0 Å². The molecule has 1 rings (SSSR count). The van der Waals surface area contributed by atoms with Crippen LogP contribution >= 0.6 is 11.3 Å². The molecule has 1 aromatic heterocycles. The van der Waals surface area contributed by atoms with Gasteiger partial charge in [0, 0.05) is 6.54 Å². The monoisotopic (exact) mass is 212 g/mol. The maximum atomic E-state index is 11.3. The molecule has 4 heteroatoms. The molecule has 3 nitrogen and oxygen atoms in total. The van der Waals surface area contributed by atoms with Gasteiger partial charge < -0.3 is 11.1 Å². The molecule has 0 fully saturated rings. The van der Waals surface area contributed by atoms with Gasteiger partial charge in [-0.2, -0.15) is 11.3 Å². The van der Waals surface area contributed by atoms with Crippen molar-refractivity contribution in [2.45, 2.75) is 25.8 Å². The summed E-state index contributed by atoms with van der Waals surface area (Å²) in [6.45, 7) is 2.58. The van der Waals surface area contributed by atoms with Gasteiger partial charge in [0.15, 0.2) is 0 Å². The van der Waals surface area contributed by atoms with Crippen molar-refractivity contribution in [1.82, 2.24) is 5.32 Å². The topological polar surface area (TPSA) is 55.1 Å². The van der Waals surface area contributed by atoms with Gasteiger partial charge in [-0.25, -0.2) is 0 Å². The molecule has 1 amide bonds. The maximum Gasteiger partial charge on any atom is 0.236 e. The van der Waals surface area contributed by atoms with Crippen LogP contribution in [0.4, 0.5) is 0 Å². The molecule has 0 spiro atoms. The summed E-state index contributed by atoms with van der Waals surface area (Å²) in [7, 11) is 0. The van der Waals surface area contributed by atoms with Crippen molar-refractivity contribution in [2.75, 3.05) is 6.54 Å². The number of rotatable bonds is 5. The number of hydrogen-bond acceptors (Lipinski definition) is 3.